The Bertz CT molecular complexity index is 758. The standard InChI is InChI=1S/C10H7ClN4O/c1-5-12-9-7-4-6(11)2-3-8(7)13-10(16)15(9)14-5/h2-4H,1H3,(H,13,16). The molecule has 0 bridgehead atoms. The lowest BCUT2D eigenvalue weighted by atomic mass is 10.2. The van der Waals surface area contributed by atoms with Crippen LogP contribution in [0.5, 0.6) is 0 Å². The lowest BCUT2D eigenvalue weighted by Gasteiger charge is -1.99. The van der Waals surface area contributed by atoms with Gasteiger partial charge in [0.1, 0.15) is 5.82 Å². The van der Waals surface area contributed by atoms with Crippen molar-refractivity contribution < 1.29 is 0 Å². The zero-order chi connectivity index (χ0) is 11.3. The smallest absolute Gasteiger partial charge is 0.305 e. The van der Waals surface area contributed by atoms with Gasteiger partial charge in [-0.15, -0.1) is 5.10 Å². The molecule has 80 valence electrons. The number of nitrogens with zero attached hydrogens (tertiary/aromatic N) is 3. The van der Waals surface area contributed by atoms with Crippen LogP contribution in [0.2, 0.25) is 5.02 Å². The van der Waals surface area contributed by atoms with Crippen molar-refractivity contribution in [1.29, 1.82) is 0 Å². The molecule has 0 amide bonds. The number of H-pyrrole nitrogens is 1. The van der Waals surface area contributed by atoms with Gasteiger partial charge in [-0.25, -0.2) is 9.78 Å². The average Bonchev–Trinajstić information content (AvgIpc) is 2.62. The minimum Gasteiger partial charge on any atom is -0.305 e. The molecule has 0 atom stereocenters. The number of nitrogens with one attached hydrogen (secondary N) is 1. The maximum atomic E-state index is 11.7. The SMILES string of the molecule is Cc1nc2c3cc(Cl)ccc3[nH]c(=O)n2n1. The summed E-state index contributed by atoms with van der Waals surface area (Å²) in [4.78, 5) is 18.6. The molecule has 0 spiro atoms. The third-order valence-corrected chi connectivity index (χ3v) is 2.60. The Morgan fingerprint density at radius 1 is 1.44 bits per heavy atom. The third kappa shape index (κ3) is 1.22. The van der Waals surface area contributed by atoms with E-state index >= 15 is 0 Å². The van der Waals surface area contributed by atoms with E-state index < -0.39 is 0 Å². The van der Waals surface area contributed by atoms with E-state index in [0.717, 1.165) is 5.39 Å². The molecule has 16 heavy (non-hydrogen) atoms. The van der Waals surface area contributed by atoms with Crippen LogP contribution < -0.4 is 5.69 Å². The monoisotopic (exact) mass is 234 g/mol. The number of hydrogen-bond donors (Lipinski definition) is 1. The fraction of sp³-hybridized carbons (Fsp3) is 0.100. The Morgan fingerprint density at radius 2 is 2.25 bits per heavy atom. The highest BCUT2D eigenvalue weighted by Crippen LogP contribution is 2.19. The molecule has 2 heterocycles. The predicted octanol–water partition coefficient (Wildman–Crippen LogP) is 1.53. The zero-order valence-corrected chi connectivity index (χ0v) is 9.12. The summed E-state index contributed by atoms with van der Waals surface area (Å²) in [7, 11) is 0. The van der Waals surface area contributed by atoms with Crippen LogP contribution in [-0.2, 0) is 0 Å². The van der Waals surface area contributed by atoms with Gasteiger partial charge in [-0.05, 0) is 25.1 Å². The average molecular weight is 235 g/mol. The molecule has 2 aromatic heterocycles. The number of fused-ring (bicyclic) bond motifs is 3. The van der Waals surface area contributed by atoms with Crippen molar-refractivity contribution in [2.75, 3.05) is 0 Å². The first-order valence-electron chi connectivity index (χ1n) is 4.70. The molecule has 0 saturated heterocycles. The molecule has 6 heteroatoms. The highest BCUT2D eigenvalue weighted by atomic mass is 35.5. The van der Waals surface area contributed by atoms with E-state index in [0.29, 0.717) is 22.0 Å². The fourth-order valence-electron chi connectivity index (χ4n) is 1.71. The first-order chi connectivity index (χ1) is 7.65. The summed E-state index contributed by atoms with van der Waals surface area (Å²) in [6.45, 7) is 1.74. The van der Waals surface area contributed by atoms with Crippen molar-refractivity contribution in [3.05, 3.63) is 39.5 Å². The van der Waals surface area contributed by atoms with E-state index in [2.05, 4.69) is 15.1 Å². The van der Waals surface area contributed by atoms with Gasteiger partial charge in [0.05, 0.1) is 5.52 Å². The molecule has 5 nitrogen and oxygen atoms in total. The van der Waals surface area contributed by atoms with E-state index in [4.69, 9.17) is 11.6 Å². The van der Waals surface area contributed by atoms with Crippen LogP contribution in [-0.4, -0.2) is 19.6 Å². The molecule has 1 N–H and O–H groups in total. The van der Waals surface area contributed by atoms with Crippen molar-refractivity contribution in [1.82, 2.24) is 19.6 Å². The zero-order valence-electron chi connectivity index (χ0n) is 8.36. The summed E-state index contributed by atoms with van der Waals surface area (Å²) in [5.74, 6) is 0.554. The summed E-state index contributed by atoms with van der Waals surface area (Å²) in [5, 5.41) is 5.40. The van der Waals surface area contributed by atoms with Crippen molar-refractivity contribution >= 4 is 28.2 Å². The summed E-state index contributed by atoms with van der Waals surface area (Å²) < 4.78 is 1.24. The van der Waals surface area contributed by atoms with Gasteiger partial charge in [-0.3, -0.25) is 0 Å². The van der Waals surface area contributed by atoms with Crippen LogP contribution in [0.15, 0.2) is 23.0 Å². The Hall–Kier alpha value is -1.88. The Balaban J connectivity index is 2.65. The van der Waals surface area contributed by atoms with Crippen LogP contribution >= 0.6 is 11.6 Å². The molecule has 3 rings (SSSR count). The van der Waals surface area contributed by atoms with Crippen molar-refractivity contribution in [2.24, 2.45) is 0 Å². The topological polar surface area (TPSA) is 63.0 Å². The number of hydrogen-bond acceptors (Lipinski definition) is 3. The van der Waals surface area contributed by atoms with E-state index in [1.165, 1.54) is 4.52 Å². The summed E-state index contributed by atoms with van der Waals surface area (Å²) in [6.07, 6.45) is 0. The van der Waals surface area contributed by atoms with Gasteiger partial charge < -0.3 is 4.98 Å². The quantitative estimate of drug-likeness (QED) is 0.642. The summed E-state index contributed by atoms with van der Waals surface area (Å²) in [6, 6.07) is 5.24. The third-order valence-electron chi connectivity index (χ3n) is 2.37. The lowest BCUT2D eigenvalue weighted by Crippen LogP contribution is -2.17. The number of benzene rings is 1. The molecule has 0 aliphatic rings. The van der Waals surface area contributed by atoms with E-state index in [1.807, 2.05) is 0 Å². The molecular formula is C10H7ClN4O. The van der Waals surface area contributed by atoms with Gasteiger partial charge in [0.15, 0.2) is 5.65 Å². The number of aromatic amines is 1. The Morgan fingerprint density at radius 3 is 3.06 bits per heavy atom. The minimum atomic E-state index is -0.301. The number of halogens is 1. The number of aryl methyl sites for hydroxylation is 1. The number of rotatable bonds is 0. The second-order valence-electron chi connectivity index (χ2n) is 3.51. The van der Waals surface area contributed by atoms with Gasteiger partial charge in [0.25, 0.3) is 0 Å². The van der Waals surface area contributed by atoms with Crippen LogP contribution in [0.3, 0.4) is 0 Å². The molecule has 1 aromatic carbocycles. The molecule has 0 aliphatic carbocycles. The predicted molar refractivity (Wildman–Crippen MR) is 60.9 cm³/mol. The van der Waals surface area contributed by atoms with Gasteiger partial charge in [0, 0.05) is 10.4 Å². The van der Waals surface area contributed by atoms with E-state index in [-0.39, 0.29) is 5.69 Å². The van der Waals surface area contributed by atoms with E-state index in [1.54, 1.807) is 25.1 Å². The van der Waals surface area contributed by atoms with Crippen LogP contribution in [0.25, 0.3) is 16.6 Å². The molecule has 0 saturated carbocycles. The van der Waals surface area contributed by atoms with Gasteiger partial charge >= 0.3 is 5.69 Å². The Kier molecular flexibility index (Phi) is 1.79. The fourth-order valence-corrected chi connectivity index (χ4v) is 1.88. The molecule has 0 unspecified atom stereocenters. The minimum absolute atomic E-state index is 0.301. The van der Waals surface area contributed by atoms with Crippen molar-refractivity contribution in [3.8, 4) is 0 Å². The maximum Gasteiger partial charge on any atom is 0.348 e. The van der Waals surface area contributed by atoms with Crippen molar-refractivity contribution in [2.45, 2.75) is 6.92 Å². The normalized spacial score (nSPS) is 11.4. The van der Waals surface area contributed by atoms with Crippen molar-refractivity contribution in [3.63, 3.8) is 0 Å². The molecule has 0 fully saturated rings. The highest BCUT2D eigenvalue weighted by molar-refractivity contribution is 6.31. The molecular weight excluding hydrogens is 228 g/mol. The van der Waals surface area contributed by atoms with Crippen LogP contribution in [0.1, 0.15) is 5.82 Å². The second kappa shape index (κ2) is 3.05. The van der Waals surface area contributed by atoms with Gasteiger partial charge in [0.2, 0.25) is 0 Å². The largest absolute Gasteiger partial charge is 0.348 e. The van der Waals surface area contributed by atoms with Crippen LogP contribution in [0, 0.1) is 6.92 Å². The highest BCUT2D eigenvalue weighted by Gasteiger charge is 2.08. The second-order valence-corrected chi connectivity index (χ2v) is 3.95. The summed E-state index contributed by atoms with van der Waals surface area (Å²) >= 11 is 5.92. The molecule has 3 aromatic rings. The molecule has 0 aliphatic heterocycles. The first-order valence-corrected chi connectivity index (χ1v) is 5.08. The maximum absolute atomic E-state index is 11.7. The lowest BCUT2D eigenvalue weighted by molar-refractivity contribution is 0.863. The van der Waals surface area contributed by atoms with Crippen LogP contribution in [0.4, 0.5) is 0 Å². The van der Waals surface area contributed by atoms with E-state index in [9.17, 15) is 4.79 Å². The van der Waals surface area contributed by atoms with Gasteiger partial charge in [-0.2, -0.15) is 4.52 Å². The number of aromatic nitrogens is 4. The first kappa shape index (κ1) is 9.35. The van der Waals surface area contributed by atoms with Gasteiger partial charge in [-0.1, -0.05) is 11.6 Å². The summed E-state index contributed by atoms with van der Waals surface area (Å²) in [5.41, 5.74) is 0.929. The Labute approximate surface area is 94.7 Å². The molecule has 0 radical (unpaired) electrons.